The fourth-order valence-corrected chi connectivity index (χ4v) is 1.50. The number of nitrogens with zero attached hydrogens (tertiary/aromatic N) is 1. The lowest BCUT2D eigenvalue weighted by Gasteiger charge is -2.16. The molecule has 0 aliphatic rings. The van der Waals surface area contributed by atoms with E-state index in [2.05, 4.69) is 0 Å². The molecular formula is C11H13ClFNO2. The summed E-state index contributed by atoms with van der Waals surface area (Å²) in [5.41, 5.74) is 0.662. The molecule has 0 heterocycles. The van der Waals surface area contributed by atoms with E-state index < -0.39 is 5.97 Å². The van der Waals surface area contributed by atoms with Crippen LogP contribution in [-0.2, 0) is 11.3 Å². The van der Waals surface area contributed by atoms with Crippen molar-refractivity contribution in [1.29, 1.82) is 0 Å². The Bertz CT molecular complexity index is 384. The molecule has 0 spiro atoms. The average molecular weight is 246 g/mol. The standard InChI is InChI=1S/C11H13ClFNO2/c1-14(5-4-11(15)16)7-8-6-9(13)2-3-10(8)12/h2-3,6H,4-5,7H2,1H3,(H,15,16). The zero-order valence-corrected chi connectivity index (χ0v) is 9.67. The summed E-state index contributed by atoms with van der Waals surface area (Å²) in [6.45, 7) is 0.839. The van der Waals surface area contributed by atoms with Gasteiger partial charge in [-0.2, -0.15) is 0 Å². The average Bonchev–Trinajstić information content (AvgIpc) is 2.20. The van der Waals surface area contributed by atoms with E-state index in [-0.39, 0.29) is 12.2 Å². The maximum absolute atomic E-state index is 12.9. The van der Waals surface area contributed by atoms with Crippen molar-refractivity contribution in [3.8, 4) is 0 Å². The van der Waals surface area contributed by atoms with Gasteiger partial charge in [-0.15, -0.1) is 0 Å². The molecule has 0 amide bonds. The third-order valence-electron chi connectivity index (χ3n) is 2.16. The molecule has 1 aromatic rings. The molecule has 0 unspecified atom stereocenters. The van der Waals surface area contributed by atoms with Crippen LogP contribution in [0.3, 0.4) is 0 Å². The summed E-state index contributed by atoms with van der Waals surface area (Å²) in [6, 6.07) is 4.15. The molecule has 0 aliphatic heterocycles. The number of hydrogen-bond acceptors (Lipinski definition) is 2. The lowest BCUT2D eigenvalue weighted by atomic mass is 10.2. The first-order chi connectivity index (χ1) is 7.49. The molecule has 0 aliphatic carbocycles. The van der Waals surface area contributed by atoms with Crippen molar-refractivity contribution in [2.45, 2.75) is 13.0 Å². The first-order valence-electron chi connectivity index (χ1n) is 4.83. The molecule has 0 saturated heterocycles. The third kappa shape index (κ3) is 4.16. The summed E-state index contributed by atoms with van der Waals surface area (Å²) in [6.07, 6.45) is 0.0590. The largest absolute Gasteiger partial charge is 0.481 e. The first kappa shape index (κ1) is 12.9. The normalized spacial score (nSPS) is 10.8. The van der Waals surface area contributed by atoms with Crippen molar-refractivity contribution in [2.24, 2.45) is 0 Å². The maximum atomic E-state index is 12.9. The number of carboxylic acids is 1. The van der Waals surface area contributed by atoms with Gasteiger partial charge in [0.1, 0.15) is 5.82 Å². The van der Waals surface area contributed by atoms with Gasteiger partial charge in [0.25, 0.3) is 0 Å². The van der Waals surface area contributed by atoms with E-state index >= 15 is 0 Å². The van der Waals surface area contributed by atoms with Crippen LogP contribution in [0.25, 0.3) is 0 Å². The molecule has 1 N–H and O–H groups in total. The van der Waals surface area contributed by atoms with Crippen molar-refractivity contribution in [2.75, 3.05) is 13.6 Å². The van der Waals surface area contributed by atoms with Crippen LogP contribution >= 0.6 is 11.6 Å². The van der Waals surface area contributed by atoms with Crippen molar-refractivity contribution >= 4 is 17.6 Å². The highest BCUT2D eigenvalue weighted by atomic mass is 35.5. The second-order valence-electron chi connectivity index (χ2n) is 3.62. The minimum atomic E-state index is -0.850. The number of carbonyl (C=O) groups is 1. The van der Waals surface area contributed by atoms with Crippen molar-refractivity contribution in [3.05, 3.63) is 34.6 Å². The molecule has 0 atom stereocenters. The SMILES string of the molecule is CN(CCC(=O)O)Cc1cc(F)ccc1Cl. The van der Waals surface area contributed by atoms with Gasteiger partial charge in [-0.25, -0.2) is 4.39 Å². The van der Waals surface area contributed by atoms with Crippen molar-refractivity contribution in [1.82, 2.24) is 4.90 Å². The predicted molar refractivity (Wildman–Crippen MR) is 60.0 cm³/mol. The van der Waals surface area contributed by atoms with Crippen LogP contribution in [0.15, 0.2) is 18.2 Å². The second-order valence-corrected chi connectivity index (χ2v) is 4.02. The number of carboxylic acid groups (broad SMARTS) is 1. The van der Waals surface area contributed by atoms with Crippen molar-refractivity contribution < 1.29 is 14.3 Å². The Morgan fingerprint density at radius 1 is 1.56 bits per heavy atom. The number of benzene rings is 1. The van der Waals surface area contributed by atoms with E-state index in [0.717, 1.165) is 0 Å². The number of rotatable bonds is 5. The molecule has 16 heavy (non-hydrogen) atoms. The Labute approximate surface area is 98.4 Å². The fourth-order valence-electron chi connectivity index (χ4n) is 1.32. The molecule has 0 saturated carbocycles. The number of aliphatic carboxylic acids is 1. The highest BCUT2D eigenvalue weighted by Gasteiger charge is 2.07. The van der Waals surface area contributed by atoms with E-state index in [0.29, 0.717) is 23.7 Å². The zero-order chi connectivity index (χ0) is 12.1. The minimum absolute atomic E-state index is 0.0590. The van der Waals surface area contributed by atoms with Gasteiger partial charge in [0.15, 0.2) is 0 Å². The number of hydrogen-bond donors (Lipinski definition) is 1. The summed E-state index contributed by atoms with van der Waals surface area (Å²) in [5, 5.41) is 9.00. The highest BCUT2D eigenvalue weighted by molar-refractivity contribution is 6.31. The third-order valence-corrected chi connectivity index (χ3v) is 2.52. The first-order valence-corrected chi connectivity index (χ1v) is 5.21. The van der Waals surface area contributed by atoms with Crippen LogP contribution in [0, 0.1) is 5.82 Å². The molecule has 0 fully saturated rings. The lowest BCUT2D eigenvalue weighted by molar-refractivity contribution is -0.137. The summed E-state index contributed by atoms with van der Waals surface area (Å²) in [5.74, 6) is -1.19. The van der Waals surface area contributed by atoms with E-state index in [1.165, 1.54) is 18.2 Å². The van der Waals surface area contributed by atoms with Gasteiger partial charge in [0.2, 0.25) is 0 Å². The Hall–Kier alpha value is -1.13. The second kappa shape index (κ2) is 5.82. The van der Waals surface area contributed by atoms with Crippen molar-refractivity contribution in [3.63, 3.8) is 0 Å². The maximum Gasteiger partial charge on any atom is 0.304 e. The molecule has 88 valence electrons. The number of halogens is 2. The van der Waals surface area contributed by atoms with Gasteiger partial charge >= 0.3 is 5.97 Å². The minimum Gasteiger partial charge on any atom is -0.481 e. The highest BCUT2D eigenvalue weighted by Crippen LogP contribution is 2.18. The van der Waals surface area contributed by atoms with Crippen LogP contribution in [0.5, 0.6) is 0 Å². The van der Waals surface area contributed by atoms with E-state index in [1.54, 1.807) is 11.9 Å². The molecule has 1 aromatic carbocycles. The molecule has 0 bridgehead atoms. The predicted octanol–water partition coefficient (Wildman–Crippen LogP) is 2.39. The molecule has 3 nitrogen and oxygen atoms in total. The fraction of sp³-hybridized carbons (Fsp3) is 0.364. The smallest absolute Gasteiger partial charge is 0.304 e. The van der Waals surface area contributed by atoms with E-state index in [9.17, 15) is 9.18 Å². The van der Waals surface area contributed by atoms with Gasteiger partial charge in [-0.05, 0) is 30.8 Å². The zero-order valence-electron chi connectivity index (χ0n) is 8.91. The Balaban J connectivity index is 2.58. The van der Waals surface area contributed by atoms with Gasteiger partial charge in [-0.3, -0.25) is 4.79 Å². The molecule has 0 aromatic heterocycles. The topological polar surface area (TPSA) is 40.5 Å². The summed E-state index contributed by atoms with van der Waals surface area (Å²) < 4.78 is 12.9. The molecule has 5 heteroatoms. The quantitative estimate of drug-likeness (QED) is 0.866. The van der Waals surface area contributed by atoms with Gasteiger partial charge in [-0.1, -0.05) is 11.6 Å². The summed E-state index contributed by atoms with van der Waals surface area (Å²) >= 11 is 5.89. The molecule has 1 rings (SSSR count). The van der Waals surface area contributed by atoms with Crippen LogP contribution in [0.1, 0.15) is 12.0 Å². The van der Waals surface area contributed by atoms with Crippen LogP contribution in [-0.4, -0.2) is 29.6 Å². The summed E-state index contributed by atoms with van der Waals surface area (Å²) in [4.78, 5) is 12.2. The van der Waals surface area contributed by atoms with Gasteiger partial charge in [0, 0.05) is 18.1 Å². The van der Waals surface area contributed by atoms with Crippen LogP contribution in [0.2, 0.25) is 5.02 Å². The summed E-state index contributed by atoms with van der Waals surface area (Å²) in [7, 11) is 1.77. The molecule has 0 radical (unpaired) electrons. The Morgan fingerprint density at radius 2 is 2.25 bits per heavy atom. The van der Waals surface area contributed by atoms with Crippen LogP contribution in [0.4, 0.5) is 4.39 Å². The van der Waals surface area contributed by atoms with E-state index in [4.69, 9.17) is 16.7 Å². The Morgan fingerprint density at radius 3 is 2.88 bits per heavy atom. The van der Waals surface area contributed by atoms with Gasteiger partial charge in [0.05, 0.1) is 6.42 Å². The lowest BCUT2D eigenvalue weighted by Crippen LogP contribution is -2.21. The van der Waals surface area contributed by atoms with Gasteiger partial charge < -0.3 is 10.0 Å². The molecular weight excluding hydrogens is 233 g/mol. The van der Waals surface area contributed by atoms with E-state index in [1.807, 2.05) is 0 Å². The van der Waals surface area contributed by atoms with Crippen LogP contribution < -0.4 is 0 Å². The monoisotopic (exact) mass is 245 g/mol. The Kier molecular flexibility index (Phi) is 4.71.